The van der Waals surface area contributed by atoms with Crippen molar-refractivity contribution >= 4 is 17.1 Å². The Kier molecular flexibility index (Phi) is 6.09. The van der Waals surface area contributed by atoms with E-state index in [0.29, 0.717) is 18.7 Å². The fraction of sp³-hybridized carbons (Fsp3) is 0.348. The second kappa shape index (κ2) is 9.48. The maximum atomic E-state index is 12.8. The lowest BCUT2D eigenvalue weighted by Gasteiger charge is -2.14. The molecule has 1 aromatic carbocycles. The average molecular weight is 463 g/mol. The molecule has 1 fully saturated rings. The number of aromatic amines is 1. The third-order valence-corrected chi connectivity index (χ3v) is 5.85. The molecule has 0 bridgehead atoms. The van der Waals surface area contributed by atoms with Crippen molar-refractivity contribution in [3.8, 4) is 11.7 Å². The van der Waals surface area contributed by atoms with Crippen LogP contribution in [0.3, 0.4) is 0 Å². The van der Waals surface area contributed by atoms with Crippen molar-refractivity contribution in [1.29, 1.82) is 0 Å². The number of hydrogen-bond acceptors (Lipinski definition) is 7. The molecule has 11 nitrogen and oxygen atoms in total. The number of nitrogens with one attached hydrogen (secondary N) is 1. The van der Waals surface area contributed by atoms with Gasteiger partial charge in [-0.1, -0.05) is 12.1 Å². The minimum atomic E-state index is -1.11. The number of aromatic nitrogens is 6. The van der Waals surface area contributed by atoms with Crippen LogP contribution in [0.1, 0.15) is 35.2 Å². The van der Waals surface area contributed by atoms with Crippen LogP contribution in [-0.4, -0.2) is 71.5 Å². The molecule has 0 saturated carbocycles. The van der Waals surface area contributed by atoms with E-state index in [4.69, 9.17) is 9.84 Å². The van der Waals surface area contributed by atoms with Crippen LogP contribution in [-0.2, 0) is 6.54 Å². The van der Waals surface area contributed by atoms with E-state index in [2.05, 4.69) is 25.0 Å². The smallest absolute Gasteiger partial charge is 0.338 e. The van der Waals surface area contributed by atoms with Crippen LogP contribution in [0.15, 0.2) is 47.8 Å². The Balaban J connectivity index is 1.28. The minimum Gasteiger partial charge on any atom is -0.494 e. The highest BCUT2D eigenvalue weighted by atomic mass is 16.5. The fourth-order valence-corrected chi connectivity index (χ4v) is 4.17. The zero-order valence-electron chi connectivity index (χ0n) is 18.6. The van der Waals surface area contributed by atoms with Crippen LogP contribution in [0, 0.1) is 0 Å². The fourth-order valence-electron chi connectivity index (χ4n) is 4.17. The summed E-state index contributed by atoms with van der Waals surface area (Å²) in [5.74, 6) is -0.220. The van der Waals surface area contributed by atoms with Crippen LogP contribution in [0.5, 0.6) is 5.75 Å². The number of hydrogen-bond donors (Lipinski definition) is 2. The van der Waals surface area contributed by atoms with E-state index >= 15 is 0 Å². The van der Waals surface area contributed by atoms with Gasteiger partial charge in [0.05, 0.1) is 24.7 Å². The first-order chi connectivity index (χ1) is 16.6. The van der Waals surface area contributed by atoms with Crippen LogP contribution < -0.4 is 10.3 Å². The molecular formula is C23H25N7O4. The van der Waals surface area contributed by atoms with Gasteiger partial charge in [-0.05, 0) is 50.0 Å². The van der Waals surface area contributed by atoms with Gasteiger partial charge < -0.3 is 19.3 Å². The zero-order valence-corrected chi connectivity index (χ0v) is 18.6. The third kappa shape index (κ3) is 4.69. The van der Waals surface area contributed by atoms with Crippen molar-refractivity contribution in [2.24, 2.45) is 0 Å². The summed E-state index contributed by atoms with van der Waals surface area (Å²) < 4.78 is 8.86. The van der Waals surface area contributed by atoms with Gasteiger partial charge in [0.15, 0.2) is 11.2 Å². The van der Waals surface area contributed by atoms with Crippen molar-refractivity contribution in [3.63, 3.8) is 0 Å². The van der Waals surface area contributed by atoms with E-state index in [1.165, 1.54) is 43.0 Å². The molecule has 176 valence electrons. The number of carboxylic acid groups (broad SMARTS) is 1. The summed E-state index contributed by atoms with van der Waals surface area (Å²) in [6, 6.07) is 7.80. The number of aromatic carboxylic acids is 1. The summed E-state index contributed by atoms with van der Waals surface area (Å²) in [4.78, 5) is 37.6. The molecule has 0 atom stereocenters. The van der Waals surface area contributed by atoms with Gasteiger partial charge in [0, 0.05) is 19.3 Å². The average Bonchev–Trinajstić information content (AvgIpc) is 3.58. The van der Waals surface area contributed by atoms with Crippen molar-refractivity contribution in [2.45, 2.75) is 25.8 Å². The number of rotatable bonds is 9. The molecule has 2 N–H and O–H groups in total. The number of nitrogens with zero attached hydrogens (tertiary/aromatic N) is 6. The number of imidazole rings is 1. The number of H-pyrrole nitrogens is 1. The van der Waals surface area contributed by atoms with Gasteiger partial charge >= 0.3 is 5.97 Å². The lowest BCUT2D eigenvalue weighted by atomic mass is 10.2. The van der Waals surface area contributed by atoms with Gasteiger partial charge in [0.2, 0.25) is 5.95 Å². The van der Waals surface area contributed by atoms with Gasteiger partial charge in [-0.25, -0.2) is 14.5 Å². The highest BCUT2D eigenvalue weighted by Crippen LogP contribution is 2.17. The lowest BCUT2D eigenvalue weighted by molar-refractivity contribution is 0.0697. The van der Waals surface area contributed by atoms with Gasteiger partial charge in [0.25, 0.3) is 5.56 Å². The molecule has 11 heteroatoms. The topological polar surface area (TPSA) is 131 Å². The first kappa shape index (κ1) is 21.8. The second-order valence-corrected chi connectivity index (χ2v) is 8.31. The van der Waals surface area contributed by atoms with E-state index in [1.807, 2.05) is 24.3 Å². The Morgan fingerprint density at radius 3 is 2.88 bits per heavy atom. The third-order valence-electron chi connectivity index (χ3n) is 5.85. The quantitative estimate of drug-likeness (QED) is 0.360. The number of carbonyl (C=O) groups is 1. The van der Waals surface area contributed by atoms with Crippen LogP contribution >= 0.6 is 0 Å². The largest absolute Gasteiger partial charge is 0.494 e. The SMILES string of the molecule is O=C(O)c1cnn(-c2nc3ncn(Cc4cccc(OCCCN5CCCC5)c4)c3c(=O)[nH]2)c1. The molecule has 1 aliphatic heterocycles. The van der Waals surface area contributed by atoms with Crippen molar-refractivity contribution in [1.82, 2.24) is 34.2 Å². The normalized spacial score (nSPS) is 14.1. The van der Waals surface area contributed by atoms with E-state index in [0.717, 1.165) is 24.3 Å². The predicted octanol–water partition coefficient (Wildman–Crippen LogP) is 1.92. The highest BCUT2D eigenvalue weighted by Gasteiger charge is 2.15. The maximum absolute atomic E-state index is 12.8. The lowest BCUT2D eigenvalue weighted by Crippen LogP contribution is -2.21. The van der Waals surface area contributed by atoms with Gasteiger partial charge in [-0.3, -0.25) is 9.78 Å². The van der Waals surface area contributed by atoms with Gasteiger partial charge in [-0.2, -0.15) is 10.1 Å². The molecular weight excluding hydrogens is 438 g/mol. The molecule has 3 aromatic heterocycles. The number of carboxylic acids is 1. The molecule has 5 rings (SSSR count). The Hall–Kier alpha value is -3.99. The molecule has 34 heavy (non-hydrogen) atoms. The molecule has 0 amide bonds. The van der Waals surface area contributed by atoms with Crippen LogP contribution in [0.4, 0.5) is 0 Å². The van der Waals surface area contributed by atoms with Gasteiger partial charge in [-0.15, -0.1) is 0 Å². The standard InChI is InChI=1S/C23H25N7O4/c31-21-19-20(26-23(27-21)30-14-17(12-25-30)22(32)33)24-15-29(19)13-16-5-3-6-18(11-16)34-10-4-9-28-7-1-2-8-28/h3,5-6,11-12,14-15H,1-2,4,7-10,13H2,(H,32,33)(H,26,27,31). The molecule has 4 aromatic rings. The Labute approximate surface area is 194 Å². The molecule has 0 unspecified atom stereocenters. The molecule has 1 saturated heterocycles. The predicted molar refractivity (Wildman–Crippen MR) is 124 cm³/mol. The Bertz CT molecular complexity index is 1370. The summed E-state index contributed by atoms with van der Waals surface area (Å²) in [6.07, 6.45) is 7.60. The highest BCUT2D eigenvalue weighted by molar-refractivity contribution is 5.86. The Morgan fingerprint density at radius 2 is 2.09 bits per heavy atom. The summed E-state index contributed by atoms with van der Waals surface area (Å²) in [7, 11) is 0. The van der Waals surface area contributed by atoms with E-state index in [-0.39, 0.29) is 22.7 Å². The Morgan fingerprint density at radius 1 is 1.24 bits per heavy atom. The zero-order chi connectivity index (χ0) is 23.5. The second-order valence-electron chi connectivity index (χ2n) is 8.31. The van der Waals surface area contributed by atoms with Crippen molar-refractivity contribution in [3.05, 3.63) is 64.5 Å². The molecule has 0 radical (unpaired) electrons. The van der Waals surface area contributed by atoms with Crippen LogP contribution in [0.25, 0.3) is 17.1 Å². The van der Waals surface area contributed by atoms with E-state index in [9.17, 15) is 9.59 Å². The number of ether oxygens (including phenoxy) is 1. The molecule has 1 aliphatic rings. The summed E-state index contributed by atoms with van der Waals surface area (Å²) in [6.45, 7) is 4.53. The van der Waals surface area contributed by atoms with Gasteiger partial charge in [0.1, 0.15) is 5.75 Å². The maximum Gasteiger partial charge on any atom is 0.338 e. The number of likely N-dealkylation sites (tertiary alicyclic amines) is 1. The summed E-state index contributed by atoms with van der Waals surface area (Å²) >= 11 is 0. The van der Waals surface area contributed by atoms with E-state index in [1.54, 1.807) is 10.9 Å². The van der Waals surface area contributed by atoms with Crippen LogP contribution in [0.2, 0.25) is 0 Å². The van der Waals surface area contributed by atoms with Crippen molar-refractivity contribution in [2.75, 3.05) is 26.2 Å². The monoisotopic (exact) mass is 463 g/mol. The molecule has 4 heterocycles. The van der Waals surface area contributed by atoms with Crippen molar-refractivity contribution < 1.29 is 14.6 Å². The minimum absolute atomic E-state index is 0.00794. The summed E-state index contributed by atoms with van der Waals surface area (Å²) in [5, 5.41) is 13.0. The first-order valence-electron chi connectivity index (χ1n) is 11.2. The number of benzene rings is 1. The first-order valence-corrected chi connectivity index (χ1v) is 11.2. The van der Waals surface area contributed by atoms with E-state index < -0.39 is 5.97 Å². The molecule has 0 spiro atoms. The summed E-state index contributed by atoms with van der Waals surface area (Å²) in [5.41, 5.74) is 1.15. The number of fused-ring (bicyclic) bond motifs is 1. The molecule has 0 aliphatic carbocycles.